The van der Waals surface area contributed by atoms with Gasteiger partial charge in [0.05, 0.1) is 17.6 Å². The summed E-state index contributed by atoms with van der Waals surface area (Å²) in [6.45, 7) is 1.60. The monoisotopic (exact) mass is 277 g/mol. The molecule has 0 bridgehead atoms. The van der Waals surface area contributed by atoms with Crippen LogP contribution in [-0.2, 0) is 11.2 Å². The Hall–Kier alpha value is -2.75. The third-order valence-electron chi connectivity index (χ3n) is 3.25. The molecule has 0 aliphatic carbocycles. The summed E-state index contributed by atoms with van der Waals surface area (Å²) in [5.41, 5.74) is 3.94. The minimum absolute atomic E-state index is 0.166. The first-order valence-corrected chi connectivity index (χ1v) is 6.79. The summed E-state index contributed by atoms with van der Waals surface area (Å²) in [6, 6.07) is 17.8. The second-order valence-electron chi connectivity index (χ2n) is 4.94. The molecule has 0 atom stereocenters. The molecule has 0 N–H and O–H groups in total. The number of nitrogens with zero attached hydrogens (tertiary/aromatic N) is 3. The lowest BCUT2D eigenvalue weighted by Crippen LogP contribution is -1.99. The van der Waals surface area contributed by atoms with Gasteiger partial charge in [0.1, 0.15) is 5.78 Å². The van der Waals surface area contributed by atoms with Crippen LogP contribution in [0.2, 0.25) is 0 Å². The van der Waals surface area contributed by atoms with Crippen LogP contribution < -0.4 is 0 Å². The Morgan fingerprint density at radius 3 is 2.43 bits per heavy atom. The molecular formula is C17H15N3O. The van der Waals surface area contributed by atoms with Crippen molar-refractivity contribution in [3.05, 3.63) is 66.4 Å². The van der Waals surface area contributed by atoms with E-state index in [2.05, 4.69) is 10.3 Å². The van der Waals surface area contributed by atoms with Crippen molar-refractivity contribution in [2.75, 3.05) is 0 Å². The van der Waals surface area contributed by atoms with Crippen LogP contribution in [0.15, 0.2) is 60.8 Å². The van der Waals surface area contributed by atoms with Crippen molar-refractivity contribution in [2.24, 2.45) is 0 Å². The van der Waals surface area contributed by atoms with E-state index in [1.165, 1.54) is 0 Å². The van der Waals surface area contributed by atoms with E-state index in [1.807, 2.05) is 54.6 Å². The minimum Gasteiger partial charge on any atom is -0.300 e. The number of carbonyl (C=O) groups is 1. The van der Waals surface area contributed by atoms with Gasteiger partial charge in [-0.2, -0.15) is 0 Å². The molecule has 0 unspecified atom stereocenters. The molecule has 0 aliphatic heterocycles. The summed E-state index contributed by atoms with van der Waals surface area (Å²) < 4.78 is 1.81. The predicted octanol–water partition coefficient (Wildman–Crippen LogP) is 3.07. The van der Waals surface area contributed by atoms with Gasteiger partial charge in [-0.05, 0) is 24.6 Å². The smallest absolute Gasteiger partial charge is 0.134 e. The molecule has 21 heavy (non-hydrogen) atoms. The number of aromatic nitrogens is 3. The lowest BCUT2D eigenvalue weighted by Gasteiger charge is -2.06. The van der Waals surface area contributed by atoms with Gasteiger partial charge in [0.25, 0.3) is 0 Å². The van der Waals surface area contributed by atoms with Crippen LogP contribution in [0.5, 0.6) is 0 Å². The zero-order valence-corrected chi connectivity index (χ0v) is 11.7. The number of Topliss-reactive ketones (excluding diaryl/α,β-unsaturated/α-hetero) is 1. The molecule has 0 amide bonds. The highest BCUT2D eigenvalue weighted by Crippen LogP contribution is 2.21. The third kappa shape index (κ3) is 2.89. The van der Waals surface area contributed by atoms with Gasteiger partial charge in [-0.1, -0.05) is 47.7 Å². The number of ketones is 1. The van der Waals surface area contributed by atoms with Gasteiger partial charge >= 0.3 is 0 Å². The summed E-state index contributed by atoms with van der Waals surface area (Å²) in [6.07, 6.45) is 2.21. The Morgan fingerprint density at radius 2 is 1.76 bits per heavy atom. The molecule has 3 rings (SSSR count). The molecule has 0 fully saturated rings. The van der Waals surface area contributed by atoms with E-state index in [9.17, 15) is 4.79 Å². The second-order valence-corrected chi connectivity index (χ2v) is 4.94. The Morgan fingerprint density at radius 1 is 1.05 bits per heavy atom. The Balaban J connectivity index is 1.95. The van der Waals surface area contributed by atoms with Crippen LogP contribution >= 0.6 is 0 Å². The molecule has 1 aromatic heterocycles. The summed E-state index contributed by atoms with van der Waals surface area (Å²) in [5.74, 6) is 0.166. The standard InChI is InChI=1S/C17H15N3O/c1-13(21)11-14-7-9-15(10-8-14)17-12-18-19-20(17)16-5-3-2-4-6-16/h2-10,12H,11H2,1H3. The molecule has 0 saturated carbocycles. The average molecular weight is 277 g/mol. The van der Waals surface area contributed by atoms with Crippen LogP contribution in [0.4, 0.5) is 0 Å². The van der Waals surface area contributed by atoms with E-state index in [1.54, 1.807) is 17.8 Å². The van der Waals surface area contributed by atoms with Crippen molar-refractivity contribution in [1.82, 2.24) is 15.0 Å². The molecule has 4 nitrogen and oxygen atoms in total. The van der Waals surface area contributed by atoms with Crippen molar-refractivity contribution in [3.8, 4) is 16.9 Å². The first-order chi connectivity index (χ1) is 10.2. The average Bonchev–Trinajstić information content (AvgIpc) is 2.98. The van der Waals surface area contributed by atoms with Crippen LogP contribution in [0, 0.1) is 0 Å². The fourth-order valence-electron chi connectivity index (χ4n) is 2.27. The number of hydrogen-bond donors (Lipinski definition) is 0. The van der Waals surface area contributed by atoms with Crippen molar-refractivity contribution in [3.63, 3.8) is 0 Å². The highest BCUT2D eigenvalue weighted by molar-refractivity contribution is 5.78. The van der Waals surface area contributed by atoms with E-state index in [4.69, 9.17) is 0 Å². The van der Waals surface area contributed by atoms with Gasteiger partial charge in [-0.3, -0.25) is 4.79 Å². The maximum absolute atomic E-state index is 11.1. The predicted molar refractivity (Wildman–Crippen MR) is 81.2 cm³/mol. The first kappa shape index (κ1) is 13.2. The van der Waals surface area contributed by atoms with Crippen molar-refractivity contribution < 1.29 is 4.79 Å². The zero-order valence-electron chi connectivity index (χ0n) is 11.7. The molecule has 0 radical (unpaired) electrons. The van der Waals surface area contributed by atoms with Crippen LogP contribution in [0.3, 0.4) is 0 Å². The molecule has 0 saturated heterocycles. The summed E-state index contributed by atoms with van der Waals surface area (Å²) in [7, 11) is 0. The Kier molecular flexibility index (Phi) is 3.60. The molecule has 1 heterocycles. The van der Waals surface area contributed by atoms with E-state index >= 15 is 0 Å². The summed E-state index contributed by atoms with van der Waals surface area (Å²) in [4.78, 5) is 11.1. The molecule has 0 aliphatic rings. The van der Waals surface area contributed by atoms with Crippen molar-refractivity contribution >= 4 is 5.78 Å². The highest BCUT2D eigenvalue weighted by Gasteiger charge is 2.08. The third-order valence-corrected chi connectivity index (χ3v) is 3.25. The molecule has 2 aromatic carbocycles. The van der Waals surface area contributed by atoms with Crippen LogP contribution in [0.25, 0.3) is 16.9 Å². The Labute approximate surface area is 123 Å². The molecule has 3 aromatic rings. The van der Waals surface area contributed by atoms with Gasteiger partial charge in [0, 0.05) is 12.0 Å². The molecular weight excluding hydrogens is 262 g/mol. The number of para-hydroxylation sites is 1. The fourth-order valence-corrected chi connectivity index (χ4v) is 2.27. The lowest BCUT2D eigenvalue weighted by molar-refractivity contribution is -0.116. The normalized spacial score (nSPS) is 10.5. The maximum Gasteiger partial charge on any atom is 0.134 e. The van der Waals surface area contributed by atoms with Crippen molar-refractivity contribution in [2.45, 2.75) is 13.3 Å². The largest absolute Gasteiger partial charge is 0.300 e. The van der Waals surface area contributed by atoms with Crippen molar-refractivity contribution in [1.29, 1.82) is 0 Å². The second kappa shape index (κ2) is 5.71. The van der Waals surface area contributed by atoms with E-state index < -0.39 is 0 Å². The van der Waals surface area contributed by atoms with Gasteiger partial charge < -0.3 is 0 Å². The SMILES string of the molecule is CC(=O)Cc1ccc(-c2cnnn2-c2ccccc2)cc1. The topological polar surface area (TPSA) is 47.8 Å². The minimum atomic E-state index is 0.166. The lowest BCUT2D eigenvalue weighted by atomic mass is 10.1. The van der Waals surface area contributed by atoms with E-state index in [0.29, 0.717) is 6.42 Å². The van der Waals surface area contributed by atoms with Gasteiger partial charge in [-0.15, -0.1) is 5.10 Å². The molecule has 104 valence electrons. The fraction of sp³-hybridized carbons (Fsp3) is 0.118. The van der Waals surface area contributed by atoms with E-state index in [0.717, 1.165) is 22.5 Å². The van der Waals surface area contributed by atoms with E-state index in [-0.39, 0.29) is 5.78 Å². The van der Waals surface area contributed by atoms with Gasteiger partial charge in [0.15, 0.2) is 0 Å². The Bertz CT molecular complexity index is 745. The van der Waals surface area contributed by atoms with Gasteiger partial charge in [-0.25, -0.2) is 4.68 Å². The number of hydrogen-bond acceptors (Lipinski definition) is 3. The highest BCUT2D eigenvalue weighted by atomic mass is 16.1. The summed E-state index contributed by atoms with van der Waals surface area (Å²) >= 11 is 0. The summed E-state index contributed by atoms with van der Waals surface area (Å²) in [5, 5.41) is 8.15. The van der Waals surface area contributed by atoms with Crippen LogP contribution in [0.1, 0.15) is 12.5 Å². The molecule has 4 heteroatoms. The zero-order chi connectivity index (χ0) is 14.7. The van der Waals surface area contributed by atoms with Crippen LogP contribution in [-0.4, -0.2) is 20.8 Å². The molecule has 0 spiro atoms. The van der Waals surface area contributed by atoms with Gasteiger partial charge in [0.2, 0.25) is 0 Å². The maximum atomic E-state index is 11.1. The quantitative estimate of drug-likeness (QED) is 0.736. The number of rotatable bonds is 4. The first-order valence-electron chi connectivity index (χ1n) is 6.79. The number of carbonyl (C=O) groups excluding carboxylic acids is 1. The number of benzene rings is 2.